The molecule has 7 nitrogen and oxygen atoms in total. The molecule has 2 aromatic carbocycles. The van der Waals surface area contributed by atoms with Gasteiger partial charge in [-0.05, 0) is 42.7 Å². The van der Waals surface area contributed by atoms with Gasteiger partial charge in [0.1, 0.15) is 0 Å². The van der Waals surface area contributed by atoms with Gasteiger partial charge in [0.25, 0.3) is 5.91 Å². The molecule has 1 fully saturated rings. The summed E-state index contributed by atoms with van der Waals surface area (Å²) in [5, 5.41) is 2.57. The Bertz CT molecular complexity index is 991. The topological polar surface area (TPSA) is 86.8 Å². The third-order valence-corrected chi connectivity index (χ3v) is 7.23. The molecule has 8 heteroatoms. The van der Waals surface area contributed by atoms with Gasteiger partial charge in [0.2, 0.25) is 15.9 Å². The van der Waals surface area contributed by atoms with E-state index in [1.807, 2.05) is 12.1 Å². The molecule has 2 aromatic rings. The highest BCUT2D eigenvalue weighted by Gasteiger charge is 2.34. The number of hydrogen-bond acceptors (Lipinski definition) is 4. The summed E-state index contributed by atoms with van der Waals surface area (Å²) in [5.41, 5.74) is 1.47. The highest BCUT2D eigenvalue weighted by Crippen LogP contribution is 2.25. The fraction of sp³-hybridized carbons (Fsp3) is 0.364. The minimum atomic E-state index is -3.60. The Balaban J connectivity index is 1.65. The van der Waals surface area contributed by atoms with Crippen LogP contribution in [0.5, 0.6) is 0 Å². The van der Waals surface area contributed by atoms with E-state index in [0.29, 0.717) is 31.5 Å². The lowest BCUT2D eigenvalue weighted by Gasteiger charge is -2.33. The van der Waals surface area contributed by atoms with Gasteiger partial charge in [-0.2, -0.15) is 4.31 Å². The lowest BCUT2D eigenvalue weighted by atomic mass is 9.98. The molecule has 1 saturated heterocycles. The first-order valence-electron chi connectivity index (χ1n) is 9.94. The third kappa shape index (κ3) is 4.88. The zero-order chi connectivity index (χ0) is 21.7. The average molecular weight is 430 g/mol. The van der Waals surface area contributed by atoms with Crippen LogP contribution in [0.3, 0.4) is 0 Å². The Morgan fingerprint density at radius 2 is 1.77 bits per heavy atom. The van der Waals surface area contributed by atoms with Crippen LogP contribution in [-0.2, 0) is 21.4 Å². The molecule has 0 bridgehead atoms. The lowest BCUT2D eigenvalue weighted by molar-refractivity contribution is -0.135. The van der Waals surface area contributed by atoms with Crippen LogP contribution in [0.15, 0.2) is 59.5 Å². The second-order valence-corrected chi connectivity index (χ2v) is 9.42. The molecule has 1 unspecified atom stereocenters. The maximum atomic E-state index is 13.0. The zero-order valence-corrected chi connectivity index (χ0v) is 18.1. The Morgan fingerprint density at radius 1 is 1.10 bits per heavy atom. The van der Waals surface area contributed by atoms with E-state index >= 15 is 0 Å². The van der Waals surface area contributed by atoms with Gasteiger partial charge in [0, 0.05) is 39.3 Å². The van der Waals surface area contributed by atoms with Gasteiger partial charge < -0.3 is 10.2 Å². The largest absolute Gasteiger partial charge is 0.355 e. The molecule has 30 heavy (non-hydrogen) atoms. The summed E-state index contributed by atoms with van der Waals surface area (Å²) < 4.78 is 27.2. The molecule has 2 amide bonds. The van der Waals surface area contributed by atoms with E-state index in [4.69, 9.17) is 0 Å². The molecule has 0 aliphatic carbocycles. The minimum absolute atomic E-state index is 0.0710. The van der Waals surface area contributed by atoms with Crippen molar-refractivity contribution in [2.75, 3.05) is 27.2 Å². The quantitative estimate of drug-likeness (QED) is 0.762. The first kappa shape index (κ1) is 22.0. The molecule has 1 N–H and O–H groups in total. The summed E-state index contributed by atoms with van der Waals surface area (Å²) in [6.45, 7) is 1.01. The molecule has 0 saturated carbocycles. The monoisotopic (exact) mass is 429 g/mol. The number of amides is 2. The van der Waals surface area contributed by atoms with Crippen LogP contribution in [0, 0.1) is 5.92 Å². The number of nitrogens with one attached hydrogen (secondary N) is 1. The van der Waals surface area contributed by atoms with Crippen LogP contribution in [0.2, 0.25) is 0 Å². The van der Waals surface area contributed by atoms with Crippen molar-refractivity contribution in [3.63, 3.8) is 0 Å². The minimum Gasteiger partial charge on any atom is -0.355 e. The Morgan fingerprint density at radius 3 is 2.40 bits per heavy atom. The lowest BCUT2D eigenvalue weighted by Crippen LogP contribution is -2.45. The number of rotatable bonds is 6. The molecule has 1 aliphatic heterocycles. The molecule has 0 spiro atoms. The smallest absolute Gasteiger partial charge is 0.251 e. The Kier molecular flexibility index (Phi) is 6.89. The standard InChI is InChI=1S/C22H27N3O4S/c1-23-21(26)18-12-10-17(11-13-18)15-24(2)22(27)19-7-6-14-25(16-19)30(28,29)20-8-4-3-5-9-20/h3-5,8-13,19H,6-7,14-16H2,1-2H3,(H,23,26). The second-order valence-electron chi connectivity index (χ2n) is 7.49. The summed E-state index contributed by atoms with van der Waals surface area (Å²) in [5.74, 6) is -0.598. The number of sulfonamides is 1. The molecule has 1 heterocycles. The highest BCUT2D eigenvalue weighted by molar-refractivity contribution is 7.89. The molecule has 3 rings (SSSR count). The van der Waals surface area contributed by atoms with Crippen LogP contribution in [-0.4, -0.2) is 56.6 Å². The Hall–Kier alpha value is -2.71. The van der Waals surface area contributed by atoms with Crippen molar-refractivity contribution >= 4 is 21.8 Å². The molecule has 1 atom stereocenters. The van der Waals surface area contributed by atoms with E-state index in [1.165, 1.54) is 4.31 Å². The molecule has 1 aliphatic rings. The summed E-state index contributed by atoms with van der Waals surface area (Å²) in [6.07, 6.45) is 1.32. The average Bonchev–Trinajstić information content (AvgIpc) is 2.79. The summed E-state index contributed by atoms with van der Waals surface area (Å²) in [6, 6.07) is 15.4. The first-order valence-corrected chi connectivity index (χ1v) is 11.4. The fourth-order valence-electron chi connectivity index (χ4n) is 3.67. The number of benzene rings is 2. The van der Waals surface area contributed by atoms with Gasteiger partial charge in [-0.15, -0.1) is 0 Å². The van der Waals surface area contributed by atoms with Gasteiger partial charge in [-0.1, -0.05) is 30.3 Å². The van der Waals surface area contributed by atoms with Crippen molar-refractivity contribution in [1.29, 1.82) is 0 Å². The molecular weight excluding hydrogens is 402 g/mol. The highest BCUT2D eigenvalue weighted by atomic mass is 32.2. The van der Waals surface area contributed by atoms with Gasteiger partial charge >= 0.3 is 0 Å². The van der Waals surface area contributed by atoms with E-state index in [0.717, 1.165) is 5.56 Å². The second kappa shape index (κ2) is 9.40. The normalized spacial score (nSPS) is 17.3. The predicted molar refractivity (Wildman–Crippen MR) is 114 cm³/mol. The maximum absolute atomic E-state index is 13.0. The van der Waals surface area contributed by atoms with Crippen LogP contribution in [0.4, 0.5) is 0 Å². The van der Waals surface area contributed by atoms with Gasteiger partial charge in [0.05, 0.1) is 10.8 Å². The SMILES string of the molecule is CNC(=O)c1ccc(CN(C)C(=O)C2CCCN(S(=O)(=O)c3ccccc3)C2)cc1. The summed E-state index contributed by atoms with van der Waals surface area (Å²) in [4.78, 5) is 26.5. The zero-order valence-electron chi connectivity index (χ0n) is 17.2. The van der Waals surface area contributed by atoms with Gasteiger partial charge in [-0.25, -0.2) is 8.42 Å². The third-order valence-electron chi connectivity index (χ3n) is 5.35. The van der Waals surface area contributed by atoms with Crippen molar-refractivity contribution in [3.05, 3.63) is 65.7 Å². The van der Waals surface area contributed by atoms with E-state index < -0.39 is 10.0 Å². The van der Waals surface area contributed by atoms with Gasteiger partial charge in [0.15, 0.2) is 0 Å². The van der Waals surface area contributed by atoms with Gasteiger partial charge in [-0.3, -0.25) is 9.59 Å². The molecule has 0 aromatic heterocycles. The van der Waals surface area contributed by atoms with Crippen molar-refractivity contribution in [3.8, 4) is 0 Å². The van der Waals surface area contributed by atoms with E-state index in [-0.39, 0.29) is 29.2 Å². The molecular formula is C22H27N3O4S. The van der Waals surface area contributed by atoms with E-state index in [1.54, 1.807) is 61.5 Å². The fourth-order valence-corrected chi connectivity index (χ4v) is 5.22. The van der Waals surface area contributed by atoms with Crippen molar-refractivity contribution in [2.24, 2.45) is 5.92 Å². The number of carbonyl (C=O) groups is 2. The summed E-state index contributed by atoms with van der Waals surface area (Å²) in [7, 11) is -0.304. The van der Waals surface area contributed by atoms with Crippen LogP contribution < -0.4 is 5.32 Å². The number of hydrogen-bond donors (Lipinski definition) is 1. The van der Waals surface area contributed by atoms with Crippen LogP contribution in [0.25, 0.3) is 0 Å². The number of piperidine rings is 1. The first-order chi connectivity index (χ1) is 14.3. The van der Waals surface area contributed by atoms with E-state index in [9.17, 15) is 18.0 Å². The molecule has 0 radical (unpaired) electrons. The summed E-state index contributed by atoms with van der Waals surface area (Å²) >= 11 is 0. The van der Waals surface area contributed by atoms with E-state index in [2.05, 4.69) is 5.32 Å². The number of carbonyl (C=O) groups excluding carboxylic acids is 2. The predicted octanol–water partition coefficient (Wildman–Crippen LogP) is 2.11. The van der Waals surface area contributed by atoms with Crippen LogP contribution in [0.1, 0.15) is 28.8 Å². The Labute approximate surface area is 177 Å². The van der Waals surface area contributed by atoms with Crippen LogP contribution >= 0.6 is 0 Å². The van der Waals surface area contributed by atoms with Crippen molar-refractivity contribution < 1.29 is 18.0 Å². The van der Waals surface area contributed by atoms with Crippen molar-refractivity contribution in [2.45, 2.75) is 24.3 Å². The number of nitrogens with zero attached hydrogens (tertiary/aromatic N) is 2. The molecule has 160 valence electrons. The maximum Gasteiger partial charge on any atom is 0.251 e. The van der Waals surface area contributed by atoms with Crippen molar-refractivity contribution in [1.82, 2.24) is 14.5 Å².